The molecule has 1 fully saturated rings. The summed E-state index contributed by atoms with van der Waals surface area (Å²) in [7, 11) is 1.56. The molecule has 1 aromatic heterocycles. The van der Waals surface area contributed by atoms with E-state index in [9.17, 15) is 10.1 Å². The minimum atomic E-state index is -0.588. The van der Waals surface area contributed by atoms with Crippen molar-refractivity contribution in [2.24, 2.45) is 0 Å². The Morgan fingerprint density at radius 3 is 2.44 bits per heavy atom. The number of aromatic nitrogens is 2. The normalized spacial score (nSPS) is 19.6. The number of nitrogens with one attached hydrogen (secondary N) is 1. The number of methoxy groups -OCH3 is 1. The van der Waals surface area contributed by atoms with Crippen LogP contribution in [-0.2, 0) is 4.74 Å². The van der Waals surface area contributed by atoms with Crippen LogP contribution in [0.3, 0.4) is 0 Å². The van der Waals surface area contributed by atoms with Crippen LogP contribution in [0.4, 0.5) is 29.0 Å². The van der Waals surface area contributed by atoms with E-state index < -0.39 is 4.92 Å². The van der Waals surface area contributed by atoms with Crippen molar-refractivity contribution in [3.63, 3.8) is 0 Å². The summed E-state index contributed by atoms with van der Waals surface area (Å²) < 4.78 is 10.8. The van der Waals surface area contributed by atoms with Gasteiger partial charge in [0.15, 0.2) is 0 Å². The number of benzene rings is 1. The van der Waals surface area contributed by atoms with Gasteiger partial charge in [-0.05, 0) is 38.1 Å². The van der Waals surface area contributed by atoms with Gasteiger partial charge in [-0.1, -0.05) is 0 Å². The first-order chi connectivity index (χ1) is 12.9. The number of anilines is 4. The van der Waals surface area contributed by atoms with E-state index in [-0.39, 0.29) is 29.5 Å². The molecular weight excluding hydrogens is 352 g/mol. The average molecular weight is 374 g/mol. The summed E-state index contributed by atoms with van der Waals surface area (Å²) in [5.41, 5.74) is 6.15. The maximum Gasteiger partial charge on any atom is 0.353 e. The number of ether oxygens (including phenoxy) is 2. The summed E-state index contributed by atoms with van der Waals surface area (Å²) in [6.07, 6.45) is -0.0153. The SMILES string of the molecule is COc1ccc(Nc2nc(N3C[C@H](C)O[C@@H](C)C3)nc(N)c2[N+](=O)[O-])cc1. The molecule has 0 amide bonds. The van der Waals surface area contributed by atoms with Crippen molar-refractivity contribution in [1.82, 2.24) is 9.97 Å². The highest BCUT2D eigenvalue weighted by Crippen LogP contribution is 2.33. The van der Waals surface area contributed by atoms with Gasteiger partial charge in [0, 0.05) is 18.8 Å². The van der Waals surface area contributed by atoms with Crippen LogP contribution in [0, 0.1) is 10.1 Å². The average Bonchev–Trinajstić information content (AvgIpc) is 2.60. The van der Waals surface area contributed by atoms with E-state index >= 15 is 0 Å². The van der Waals surface area contributed by atoms with Crippen LogP contribution in [0.2, 0.25) is 0 Å². The fourth-order valence-electron chi connectivity index (χ4n) is 3.02. The van der Waals surface area contributed by atoms with Crippen molar-refractivity contribution in [1.29, 1.82) is 0 Å². The molecule has 0 radical (unpaired) electrons. The van der Waals surface area contributed by atoms with Gasteiger partial charge >= 0.3 is 5.69 Å². The number of hydrogen-bond donors (Lipinski definition) is 2. The minimum absolute atomic E-state index is 0.00763. The van der Waals surface area contributed by atoms with Crippen LogP contribution in [0.25, 0.3) is 0 Å². The molecular formula is C17H22N6O4. The van der Waals surface area contributed by atoms with E-state index in [4.69, 9.17) is 15.2 Å². The lowest BCUT2D eigenvalue weighted by molar-refractivity contribution is -0.383. The first-order valence-electron chi connectivity index (χ1n) is 8.50. The Morgan fingerprint density at radius 2 is 1.89 bits per heavy atom. The molecule has 3 rings (SSSR count). The molecule has 0 spiro atoms. The highest BCUT2D eigenvalue weighted by molar-refractivity contribution is 5.74. The predicted octanol–water partition coefficient (Wildman–Crippen LogP) is 2.33. The van der Waals surface area contributed by atoms with Gasteiger partial charge in [-0.2, -0.15) is 9.97 Å². The van der Waals surface area contributed by atoms with Crippen LogP contribution in [0.5, 0.6) is 5.75 Å². The van der Waals surface area contributed by atoms with Crippen molar-refractivity contribution in [2.75, 3.05) is 36.1 Å². The van der Waals surface area contributed by atoms with Gasteiger partial charge in [-0.15, -0.1) is 0 Å². The molecule has 0 aliphatic carbocycles. The molecule has 1 aliphatic rings. The molecule has 0 saturated carbocycles. The third kappa shape index (κ3) is 4.17. The number of rotatable bonds is 5. The Balaban J connectivity index is 1.96. The molecule has 2 heterocycles. The molecule has 10 heteroatoms. The monoisotopic (exact) mass is 374 g/mol. The van der Waals surface area contributed by atoms with Gasteiger partial charge in [0.25, 0.3) is 0 Å². The summed E-state index contributed by atoms with van der Waals surface area (Å²) in [4.78, 5) is 21.3. The van der Waals surface area contributed by atoms with E-state index in [1.54, 1.807) is 31.4 Å². The first-order valence-corrected chi connectivity index (χ1v) is 8.50. The van der Waals surface area contributed by atoms with E-state index in [0.29, 0.717) is 30.5 Å². The molecule has 0 unspecified atom stereocenters. The zero-order chi connectivity index (χ0) is 19.6. The summed E-state index contributed by atoms with van der Waals surface area (Å²) >= 11 is 0. The predicted molar refractivity (Wildman–Crippen MR) is 102 cm³/mol. The fourth-order valence-corrected chi connectivity index (χ4v) is 3.02. The highest BCUT2D eigenvalue weighted by Gasteiger charge is 2.29. The number of morpholine rings is 1. The molecule has 2 aromatic rings. The number of nitrogens with zero attached hydrogens (tertiary/aromatic N) is 4. The Kier molecular flexibility index (Phi) is 5.26. The van der Waals surface area contributed by atoms with Crippen molar-refractivity contribution >= 4 is 29.0 Å². The second-order valence-electron chi connectivity index (χ2n) is 6.38. The quantitative estimate of drug-likeness (QED) is 0.598. The van der Waals surface area contributed by atoms with Crippen LogP contribution in [0.1, 0.15) is 13.8 Å². The third-order valence-corrected chi connectivity index (χ3v) is 4.14. The Morgan fingerprint density at radius 1 is 1.26 bits per heavy atom. The summed E-state index contributed by atoms with van der Waals surface area (Å²) in [6.45, 7) is 5.05. The van der Waals surface area contributed by atoms with Gasteiger partial charge in [0.1, 0.15) is 5.75 Å². The Bertz CT molecular complexity index is 819. The molecule has 144 valence electrons. The summed E-state index contributed by atoms with van der Waals surface area (Å²) in [5.74, 6) is 0.859. The second-order valence-corrected chi connectivity index (χ2v) is 6.38. The van der Waals surface area contributed by atoms with Crippen LogP contribution < -0.4 is 20.7 Å². The second kappa shape index (κ2) is 7.62. The van der Waals surface area contributed by atoms with Crippen molar-refractivity contribution in [3.8, 4) is 5.75 Å². The topological polar surface area (TPSA) is 129 Å². The van der Waals surface area contributed by atoms with Crippen molar-refractivity contribution < 1.29 is 14.4 Å². The summed E-state index contributed by atoms with van der Waals surface area (Å²) in [6, 6.07) is 6.95. The van der Waals surface area contributed by atoms with Crippen LogP contribution >= 0.6 is 0 Å². The zero-order valence-corrected chi connectivity index (χ0v) is 15.4. The number of hydrogen-bond acceptors (Lipinski definition) is 9. The van der Waals surface area contributed by atoms with E-state index in [1.165, 1.54) is 0 Å². The third-order valence-electron chi connectivity index (χ3n) is 4.14. The molecule has 2 atom stereocenters. The first kappa shape index (κ1) is 18.6. The molecule has 3 N–H and O–H groups in total. The molecule has 10 nitrogen and oxygen atoms in total. The van der Waals surface area contributed by atoms with Crippen LogP contribution in [-0.4, -0.2) is 47.3 Å². The van der Waals surface area contributed by atoms with Crippen molar-refractivity contribution in [2.45, 2.75) is 26.1 Å². The lowest BCUT2D eigenvalue weighted by Gasteiger charge is -2.35. The molecule has 0 bridgehead atoms. The molecule has 27 heavy (non-hydrogen) atoms. The standard InChI is InChI=1S/C17H22N6O4/c1-10-8-22(9-11(2)27-10)17-20-15(18)14(23(24)25)16(21-17)19-12-4-6-13(26-3)7-5-12/h4-7,10-11H,8-9H2,1-3H3,(H3,18,19,20,21)/t10-,11-/m0/s1. The maximum absolute atomic E-state index is 11.5. The minimum Gasteiger partial charge on any atom is -0.497 e. The van der Waals surface area contributed by atoms with Gasteiger partial charge in [-0.25, -0.2) is 0 Å². The van der Waals surface area contributed by atoms with Gasteiger partial charge < -0.3 is 25.4 Å². The Hall–Kier alpha value is -3.14. The number of nitrogen functional groups attached to an aromatic ring is 1. The van der Waals surface area contributed by atoms with E-state index in [2.05, 4.69) is 15.3 Å². The molecule has 1 saturated heterocycles. The largest absolute Gasteiger partial charge is 0.497 e. The van der Waals surface area contributed by atoms with E-state index in [1.807, 2.05) is 18.7 Å². The summed E-state index contributed by atoms with van der Waals surface area (Å²) in [5, 5.41) is 14.4. The fraction of sp³-hybridized carbons (Fsp3) is 0.412. The highest BCUT2D eigenvalue weighted by atomic mass is 16.6. The zero-order valence-electron chi connectivity index (χ0n) is 15.4. The number of nitrogens with two attached hydrogens (primary N) is 1. The van der Waals surface area contributed by atoms with Crippen LogP contribution in [0.15, 0.2) is 24.3 Å². The maximum atomic E-state index is 11.5. The number of nitro groups is 1. The van der Waals surface area contributed by atoms with Gasteiger partial charge in [0.2, 0.25) is 17.6 Å². The van der Waals surface area contributed by atoms with Gasteiger partial charge in [0.05, 0.1) is 24.2 Å². The van der Waals surface area contributed by atoms with Gasteiger partial charge in [-0.3, -0.25) is 10.1 Å². The Labute approximate surface area is 156 Å². The molecule has 1 aromatic carbocycles. The smallest absolute Gasteiger partial charge is 0.353 e. The van der Waals surface area contributed by atoms with Crippen molar-refractivity contribution in [3.05, 3.63) is 34.4 Å². The molecule has 1 aliphatic heterocycles. The van der Waals surface area contributed by atoms with E-state index in [0.717, 1.165) is 0 Å². The lowest BCUT2D eigenvalue weighted by Crippen LogP contribution is -2.46. The lowest BCUT2D eigenvalue weighted by atomic mass is 10.2.